The van der Waals surface area contributed by atoms with Crippen molar-refractivity contribution in [2.24, 2.45) is 9.98 Å². The fourth-order valence-corrected chi connectivity index (χ4v) is 0.698. The van der Waals surface area contributed by atoms with Crippen LogP contribution in [0.15, 0.2) is 32.9 Å². The van der Waals surface area contributed by atoms with Crippen molar-refractivity contribution in [3.63, 3.8) is 0 Å². The van der Waals surface area contributed by atoms with E-state index in [4.69, 9.17) is 21.0 Å². The topological polar surface area (TPSA) is 110 Å². The Bertz CT molecular complexity index is 331. The normalized spacial score (nSPS) is 14.7. The number of hydrogen-bond acceptors (Lipinski definition) is 4. The van der Waals surface area contributed by atoms with E-state index in [9.17, 15) is 0 Å². The van der Waals surface area contributed by atoms with Crippen molar-refractivity contribution in [1.82, 2.24) is 0 Å². The molecular formula is C6H2N4O2-2. The van der Waals surface area contributed by atoms with Gasteiger partial charge in [0.2, 0.25) is 0 Å². The Kier molecular flexibility index (Phi) is 1.88. The van der Waals surface area contributed by atoms with Crippen LogP contribution >= 0.6 is 0 Å². The first-order valence-corrected chi connectivity index (χ1v) is 2.79. The summed E-state index contributed by atoms with van der Waals surface area (Å²) in [7, 11) is 0. The van der Waals surface area contributed by atoms with Gasteiger partial charge in [0.1, 0.15) is 11.5 Å². The fraction of sp³-hybridized carbons (Fsp3) is 0. The number of rotatable bonds is 2. The quantitative estimate of drug-likeness (QED) is 0.591. The lowest BCUT2D eigenvalue weighted by Crippen LogP contribution is -2.08. The summed E-state index contributed by atoms with van der Waals surface area (Å²) in [4.78, 5) is 6.16. The highest BCUT2D eigenvalue weighted by atomic mass is 16.3. The average Bonchev–Trinajstić information content (AvgIpc) is 2.10. The molecular weight excluding hydrogens is 160 g/mol. The molecule has 0 spiro atoms. The standard InChI is InChI=1S/C6H2N4O2/c7-1-9-3-5(11)4(6(3)12)10-2-8/h11-12H/q-2. The molecule has 0 radical (unpaired) electrons. The molecule has 0 aliphatic heterocycles. The first kappa shape index (κ1) is 7.94. The van der Waals surface area contributed by atoms with E-state index >= 15 is 0 Å². The summed E-state index contributed by atoms with van der Waals surface area (Å²) >= 11 is 0. The third kappa shape index (κ3) is 0.932. The summed E-state index contributed by atoms with van der Waals surface area (Å²) in [5.41, 5.74) is -0.460. The number of nitrogens with zero attached hydrogens (tertiary/aromatic N) is 4. The van der Waals surface area contributed by atoms with Crippen molar-refractivity contribution in [1.29, 1.82) is 0 Å². The van der Waals surface area contributed by atoms with Gasteiger partial charge >= 0.3 is 0 Å². The maximum absolute atomic E-state index is 8.97. The van der Waals surface area contributed by atoms with Gasteiger partial charge in [-0.15, -0.1) is 0 Å². The van der Waals surface area contributed by atoms with Crippen LogP contribution in [0.4, 0.5) is 0 Å². The van der Waals surface area contributed by atoms with Crippen LogP contribution in [0.3, 0.4) is 0 Å². The van der Waals surface area contributed by atoms with E-state index in [1.807, 2.05) is 0 Å². The predicted octanol–water partition coefficient (Wildman–Crippen LogP) is 1.03. The van der Waals surface area contributed by atoms with Crippen LogP contribution in [0.2, 0.25) is 0 Å². The number of aliphatic imine (C=N–C) groups is 2. The molecule has 0 aromatic carbocycles. The summed E-state index contributed by atoms with van der Waals surface area (Å²) in [6.45, 7) is 0. The molecule has 6 heteroatoms. The molecule has 0 aromatic rings. The molecule has 1 aliphatic carbocycles. The maximum atomic E-state index is 8.97. The van der Waals surface area contributed by atoms with Crippen LogP contribution in [0.1, 0.15) is 0 Å². The summed E-state index contributed by atoms with van der Waals surface area (Å²) in [5.74, 6) is -0.869. The summed E-state index contributed by atoms with van der Waals surface area (Å²) in [6.07, 6.45) is 0. The summed E-state index contributed by atoms with van der Waals surface area (Å²) in [6, 6.07) is 2.76. The minimum absolute atomic E-state index is 0.230. The molecule has 0 amide bonds. The fourth-order valence-electron chi connectivity index (χ4n) is 0.698. The van der Waals surface area contributed by atoms with Gasteiger partial charge in [0.15, 0.2) is 0 Å². The second-order valence-corrected chi connectivity index (χ2v) is 1.82. The Labute approximate surface area is 66.9 Å². The van der Waals surface area contributed by atoms with Gasteiger partial charge in [-0.3, -0.25) is 0 Å². The minimum atomic E-state index is -0.435. The van der Waals surface area contributed by atoms with E-state index in [0.717, 1.165) is 0 Å². The molecule has 0 atom stereocenters. The molecule has 0 saturated heterocycles. The maximum Gasteiger partial charge on any atom is 0.130 e. The third-order valence-corrected chi connectivity index (χ3v) is 1.22. The zero-order valence-electron chi connectivity index (χ0n) is 5.68. The Hall–Kier alpha value is -2.16. The lowest BCUT2D eigenvalue weighted by molar-refractivity contribution is 0.343. The first-order chi connectivity index (χ1) is 5.72. The second-order valence-electron chi connectivity index (χ2n) is 1.82. The second kappa shape index (κ2) is 2.84. The van der Waals surface area contributed by atoms with E-state index in [0.29, 0.717) is 0 Å². The van der Waals surface area contributed by atoms with Gasteiger partial charge in [-0.05, 0) is 0 Å². The summed E-state index contributed by atoms with van der Waals surface area (Å²) in [5, 5.41) is 34.1. The summed E-state index contributed by atoms with van der Waals surface area (Å²) < 4.78 is 0. The zero-order chi connectivity index (χ0) is 9.14. The Morgan fingerprint density at radius 2 is 1.25 bits per heavy atom. The number of aliphatic hydroxyl groups excluding tert-OH is 2. The smallest absolute Gasteiger partial charge is 0.130 e. The van der Waals surface area contributed by atoms with Crippen molar-refractivity contribution >= 4 is 12.0 Å². The van der Waals surface area contributed by atoms with E-state index in [1.165, 1.54) is 12.0 Å². The van der Waals surface area contributed by atoms with E-state index in [-0.39, 0.29) is 11.4 Å². The molecule has 1 aliphatic rings. The Balaban J connectivity index is 3.02. The van der Waals surface area contributed by atoms with Gasteiger partial charge in [0.25, 0.3) is 0 Å². The third-order valence-electron chi connectivity index (χ3n) is 1.22. The SMILES string of the molecule is [N-]=C=NC1=C(O)C(N=C=[N-])=C1O. The molecule has 12 heavy (non-hydrogen) atoms. The molecule has 0 aromatic heterocycles. The highest BCUT2D eigenvalue weighted by Gasteiger charge is 2.20. The van der Waals surface area contributed by atoms with Crippen molar-refractivity contribution in [2.45, 2.75) is 0 Å². The van der Waals surface area contributed by atoms with Gasteiger partial charge in [-0.25, -0.2) is 0 Å². The molecule has 6 nitrogen and oxygen atoms in total. The molecule has 0 fully saturated rings. The van der Waals surface area contributed by atoms with Crippen LogP contribution in [0, 0.1) is 0 Å². The van der Waals surface area contributed by atoms with Gasteiger partial charge in [-0.1, -0.05) is 0 Å². The molecule has 2 N–H and O–H groups in total. The Morgan fingerprint density at radius 1 is 0.917 bits per heavy atom. The molecule has 0 heterocycles. The minimum Gasteiger partial charge on any atom is -0.507 e. The van der Waals surface area contributed by atoms with Crippen LogP contribution in [0.5, 0.6) is 0 Å². The average molecular weight is 162 g/mol. The van der Waals surface area contributed by atoms with Crippen molar-refractivity contribution in [3.8, 4) is 0 Å². The molecule has 0 unspecified atom stereocenters. The Morgan fingerprint density at radius 3 is 1.50 bits per heavy atom. The van der Waals surface area contributed by atoms with E-state index in [1.54, 1.807) is 0 Å². The monoisotopic (exact) mass is 162 g/mol. The van der Waals surface area contributed by atoms with Crippen LogP contribution in [0.25, 0.3) is 10.8 Å². The van der Waals surface area contributed by atoms with E-state index < -0.39 is 11.5 Å². The molecule has 0 saturated carbocycles. The highest BCUT2D eigenvalue weighted by Crippen LogP contribution is 2.32. The molecule has 0 bridgehead atoms. The predicted molar refractivity (Wildman–Crippen MR) is 40.9 cm³/mol. The number of hydrogen-bond donors (Lipinski definition) is 2. The van der Waals surface area contributed by atoms with Crippen LogP contribution < -0.4 is 0 Å². The largest absolute Gasteiger partial charge is 0.507 e. The lowest BCUT2D eigenvalue weighted by Gasteiger charge is -2.23. The van der Waals surface area contributed by atoms with E-state index in [2.05, 4.69) is 9.98 Å². The molecule has 60 valence electrons. The molecule has 1 rings (SSSR count). The highest BCUT2D eigenvalue weighted by molar-refractivity contribution is 5.61. The zero-order valence-corrected chi connectivity index (χ0v) is 5.68. The first-order valence-electron chi connectivity index (χ1n) is 2.79. The van der Waals surface area contributed by atoms with Gasteiger partial charge < -0.3 is 31.0 Å². The number of aliphatic hydroxyl groups is 2. The van der Waals surface area contributed by atoms with Crippen LogP contribution in [-0.4, -0.2) is 22.2 Å². The van der Waals surface area contributed by atoms with Crippen LogP contribution in [-0.2, 0) is 0 Å². The van der Waals surface area contributed by atoms with Crippen molar-refractivity contribution < 1.29 is 10.2 Å². The van der Waals surface area contributed by atoms with Gasteiger partial charge in [-0.2, -0.15) is 12.0 Å². The lowest BCUT2D eigenvalue weighted by atomic mass is 10.1. The van der Waals surface area contributed by atoms with Gasteiger partial charge in [0.05, 0.1) is 11.4 Å². The van der Waals surface area contributed by atoms with Crippen molar-refractivity contribution in [3.05, 3.63) is 33.7 Å². The van der Waals surface area contributed by atoms with Gasteiger partial charge in [0, 0.05) is 0 Å². The van der Waals surface area contributed by atoms with Crippen molar-refractivity contribution in [2.75, 3.05) is 0 Å².